The van der Waals surface area contributed by atoms with E-state index >= 15 is 0 Å². The number of hydrogen-bond donors (Lipinski definition) is 1. The fraction of sp³-hybridized carbons (Fsp3) is 0.500. The first-order valence-corrected chi connectivity index (χ1v) is 7.44. The lowest BCUT2D eigenvalue weighted by Crippen LogP contribution is -2.45. The second-order valence-electron chi connectivity index (χ2n) is 5.80. The van der Waals surface area contributed by atoms with Crippen molar-refractivity contribution >= 4 is 24.8 Å². The van der Waals surface area contributed by atoms with E-state index in [0.717, 1.165) is 37.3 Å². The highest BCUT2D eigenvalue weighted by atomic mass is 35.5. The zero-order valence-electron chi connectivity index (χ0n) is 13.4. The Morgan fingerprint density at radius 3 is 2.58 bits per heavy atom. The maximum atomic E-state index is 13.4. The van der Waals surface area contributed by atoms with Crippen LogP contribution in [0, 0.1) is 0 Å². The lowest BCUT2D eigenvalue weighted by molar-refractivity contribution is -0.287. The first-order chi connectivity index (χ1) is 10.5. The Labute approximate surface area is 153 Å². The number of fused-ring (bicyclic) bond motifs is 1. The van der Waals surface area contributed by atoms with Gasteiger partial charge in [0, 0.05) is 37.8 Å². The molecule has 0 unspecified atom stereocenters. The Bertz CT molecular complexity index is 581. The maximum absolute atomic E-state index is 13.4. The molecule has 1 aromatic carbocycles. The quantitative estimate of drug-likeness (QED) is 0.803. The van der Waals surface area contributed by atoms with Gasteiger partial charge in [0.25, 0.3) is 0 Å². The number of ether oxygens (including phenoxy) is 2. The van der Waals surface area contributed by atoms with E-state index in [-0.39, 0.29) is 42.4 Å². The molecule has 1 fully saturated rings. The third-order valence-corrected chi connectivity index (χ3v) is 3.95. The van der Waals surface area contributed by atoms with E-state index in [1.807, 2.05) is 13.0 Å². The number of piperazine rings is 1. The van der Waals surface area contributed by atoms with Crippen LogP contribution in [0.2, 0.25) is 0 Å². The Morgan fingerprint density at radius 1 is 1.29 bits per heavy atom. The molecule has 1 N–H and O–H groups in total. The molecule has 0 aliphatic carbocycles. The smallest absolute Gasteiger partial charge is 0.395 e. The van der Waals surface area contributed by atoms with Gasteiger partial charge in [-0.25, -0.2) is 0 Å². The topological polar surface area (TPSA) is 33.7 Å². The summed E-state index contributed by atoms with van der Waals surface area (Å²) in [5.41, 5.74) is 1.74. The normalized spacial score (nSPS) is 19.8. The number of halogens is 4. The van der Waals surface area contributed by atoms with E-state index < -0.39 is 6.29 Å². The number of para-hydroxylation sites is 1. The fourth-order valence-electron chi connectivity index (χ4n) is 3.01. The van der Waals surface area contributed by atoms with E-state index in [9.17, 15) is 8.78 Å². The Kier molecular flexibility index (Phi) is 7.28. The molecule has 0 saturated carbocycles. The van der Waals surface area contributed by atoms with E-state index in [0.29, 0.717) is 6.42 Å². The summed E-state index contributed by atoms with van der Waals surface area (Å²) in [6.07, 6.45) is -2.89. The Balaban J connectivity index is 0.00000144. The second kappa shape index (κ2) is 8.34. The largest absolute Gasteiger partial charge is 0.586 e. The van der Waals surface area contributed by atoms with Gasteiger partial charge in [0.15, 0.2) is 11.5 Å². The van der Waals surface area contributed by atoms with Crippen molar-refractivity contribution in [2.24, 2.45) is 0 Å². The molecule has 3 rings (SSSR count). The highest BCUT2D eigenvalue weighted by molar-refractivity contribution is 5.85. The van der Waals surface area contributed by atoms with Crippen molar-refractivity contribution in [3.05, 3.63) is 35.9 Å². The standard InChI is InChI=1S/C16H20F2N2O2.2ClH/c1-11(2)10-13(20-8-6-19-7-9-20)12-4-3-5-14-15(12)22-16(17,18)21-14;;/h3-5,13,19H,1,6-10H2,2H3;2*1H/t13-;;/m1../s1. The van der Waals surface area contributed by atoms with Crippen LogP contribution in [-0.4, -0.2) is 37.4 Å². The molecule has 2 aliphatic rings. The molecule has 0 aromatic heterocycles. The number of alkyl halides is 2. The van der Waals surface area contributed by atoms with E-state index in [4.69, 9.17) is 4.74 Å². The van der Waals surface area contributed by atoms with Crippen molar-refractivity contribution in [2.45, 2.75) is 25.7 Å². The molecule has 1 saturated heterocycles. The molecule has 1 atom stereocenters. The molecule has 1 aromatic rings. The Hall–Kier alpha value is -1.08. The lowest BCUT2D eigenvalue weighted by atomic mass is 9.96. The van der Waals surface area contributed by atoms with Crippen LogP contribution in [0.15, 0.2) is 30.4 Å². The SMILES string of the molecule is C=C(C)C[C@H](c1cccc2c1OC(F)(F)O2)N1CCNCC1.Cl.Cl. The predicted octanol–water partition coefficient (Wildman–Crippen LogP) is 3.76. The zero-order valence-corrected chi connectivity index (χ0v) is 15.0. The second-order valence-corrected chi connectivity index (χ2v) is 5.80. The summed E-state index contributed by atoms with van der Waals surface area (Å²) >= 11 is 0. The van der Waals surface area contributed by atoms with Gasteiger partial charge in [0.05, 0.1) is 0 Å². The van der Waals surface area contributed by atoms with Gasteiger partial charge in [-0.15, -0.1) is 40.2 Å². The minimum atomic E-state index is -3.59. The van der Waals surface area contributed by atoms with E-state index in [1.165, 1.54) is 6.07 Å². The van der Waals surface area contributed by atoms with Crippen molar-refractivity contribution in [3.63, 3.8) is 0 Å². The summed E-state index contributed by atoms with van der Waals surface area (Å²) in [6, 6.07) is 5.04. The van der Waals surface area contributed by atoms with Crippen molar-refractivity contribution in [1.29, 1.82) is 0 Å². The molecule has 0 spiro atoms. The van der Waals surface area contributed by atoms with E-state index in [1.54, 1.807) is 6.07 Å². The predicted molar refractivity (Wildman–Crippen MR) is 93.8 cm³/mol. The first kappa shape index (κ1) is 21.0. The molecule has 0 amide bonds. The van der Waals surface area contributed by atoms with Crippen LogP contribution < -0.4 is 14.8 Å². The number of rotatable bonds is 4. The monoisotopic (exact) mass is 382 g/mol. The summed E-state index contributed by atoms with van der Waals surface area (Å²) in [5, 5.41) is 3.30. The van der Waals surface area contributed by atoms with Crippen molar-refractivity contribution in [1.82, 2.24) is 10.2 Å². The summed E-state index contributed by atoms with van der Waals surface area (Å²) in [5.74, 6) is 0.252. The van der Waals surface area contributed by atoms with Crippen molar-refractivity contribution in [2.75, 3.05) is 26.2 Å². The first-order valence-electron chi connectivity index (χ1n) is 7.44. The number of nitrogens with one attached hydrogen (secondary N) is 1. The van der Waals surface area contributed by atoms with Crippen LogP contribution >= 0.6 is 24.8 Å². The molecule has 2 aliphatic heterocycles. The highest BCUT2D eigenvalue weighted by Gasteiger charge is 2.45. The lowest BCUT2D eigenvalue weighted by Gasteiger charge is -2.35. The van der Waals surface area contributed by atoms with Gasteiger partial charge in [-0.3, -0.25) is 4.90 Å². The van der Waals surface area contributed by atoms with Crippen LogP contribution in [-0.2, 0) is 0 Å². The summed E-state index contributed by atoms with van der Waals surface area (Å²) in [4.78, 5) is 2.28. The van der Waals surface area contributed by atoms with E-state index in [2.05, 4.69) is 21.5 Å². The van der Waals surface area contributed by atoms with Gasteiger partial charge in [-0.05, 0) is 19.4 Å². The van der Waals surface area contributed by atoms with Crippen LogP contribution in [0.1, 0.15) is 24.9 Å². The van der Waals surface area contributed by atoms with Crippen molar-refractivity contribution < 1.29 is 18.3 Å². The number of nitrogens with zero attached hydrogens (tertiary/aromatic N) is 1. The average Bonchev–Trinajstić information content (AvgIpc) is 2.79. The molecule has 24 heavy (non-hydrogen) atoms. The van der Waals surface area contributed by atoms with Gasteiger partial charge >= 0.3 is 6.29 Å². The molecular weight excluding hydrogens is 361 g/mol. The summed E-state index contributed by atoms with van der Waals surface area (Å²) in [7, 11) is 0. The minimum Gasteiger partial charge on any atom is -0.395 e. The molecule has 4 nitrogen and oxygen atoms in total. The van der Waals surface area contributed by atoms with Gasteiger partial charge < -0.3 is 14.8 Å². The summed E-state index contributed by atoms with van der Waals surface area (Å²) in [6.45, 7) is 9.41. The maximum Gasteiger partial charge on any atom is 0.586 e. The fourth-order valence-corrected chi connectivity index (χ4v) is 3.01. The van der Waals surface area contributed by atoms with Gasteiger partial charge in [-0.2, -0.15) is 0 Å². The average molecular weight is 383 g/mol. The molecule has 0 bridgehead atoms. The third kappa shape index (κ3) is 4.51. The van der Waals surface area contributed by atoms with Crippen LogP contribution in [0.3, 0.4) is 0 Å². The highest BCUT2D eigenvalue weighted by Crippen LogP contribution is 2.47. The van der Waals surface area contributed by atoms with Crippen LogP contribution in [0.25, 0.3) is 0 Å². The Morgan fingerprint density at radius 2 is 1.96 bits per heavy atom. The van der Waals surface area contributed by atoms with Crippen LogP contribution in [0.4, 0.5) is 8.78 Å². The molecule has 136 valence electrons. The molecular formula is C16H22Cl2F2N2O2. The van der Waals surface area contributed by atoms with Crippen LogP contribution in [0.5, 0.6) is 11.5 Å². The molecule has 8 heteroatoms. The summed E-state index contributed by atoms with van der Waals surface area (Å²) < 4.78 is 36.1. The molecule has 2 heterocycles. The zero-order chi connectivity index (χ0) is 15.7. The van der Waals surface area contributed by atoms with Gasteiger partial charge in [0.2, 0.25) is 0 Å². The number of benzene rings is 1. The third-order valence-electron chi connectivity index (χ3n) is 3.95. The molecule has 0 radical (unpaired) electrons. The van der Waals surface area contributed by atoms with Gasteiger partial charge in [0.1, 0.15) is 0 Å². The minimum absolute atomic E-state index is 0. The van der Waals surface area contributed by atoms with Crippen molar-refractivity contribution in [3.8, 4) is 11.5 Å². The number of hydrogen-bond acceptors (Lipinski definition) is 4. The van der Waals surface area contributed by atoms with Gasteiger partial charge in [-0.1, -0.05) is 17.7 Å².